The molecule has 118 valence electrons. The molecule has 0 saturated carbocycles. The summed E-state index contributed by atoms with van der Waals surface area (Å²) in [6.45, 7) is 7.61. The maximum Gasteiger partial charge on any atom is 0.118 e. The van der Waals surface area contributed by atoms with Gasteiger partial charge in [0.25, 0.3) is 0 Å². The Kier molecular flexibility index (Phi) is 5.62. The molecule has 0 amide bonds. The smallest absolute Gasteiger partial charge is 0.118 e. The van der Waals surface area contributed by atoms with E-state index in [2.05, 4.69) is 35.9 Å². The molecule has 1 aliphatic rings. The molecule has 0 aromatic heterocycles. The largest absolute Gasteiger partial charge is 0.497 e. The average molecular weight is 291 g/mol. The van der Waals surface area contributed by atoms with Crippen LogP contribution in [0.1, 0.15) is 25.3 Å². The maximum absolute atomic E-state index is 6.79. The average Bonchev–Trinajstić information content (AvgIpc) is 2.50. The fraction of sp³-hybridized carbons (Fsp3) is 0.647. The first-order chi connectivity index (χ1) is 10.1. The van der Waals surface area contributed by atoms with Gasteiger partial charge in [-0.05, 0) is 31.2 Å². The van der Waals surface area contributed by atoms with E-state index in [1.165, 1.54) is 5.56 Å². The van der Waals surface area contributed by atoms with E-state index in [9.17, 15) is 0 Å². The minimum absolute atomic E-state index is 0.267. The second kappa shape index (κ2) is 7.25. The molecule has 0 aliphatic carbocycles. The number of nitrogens with zero attached hydrogens (tertiary/aromatic N) is 2. The number of benzene rings is 1. The molecule has 1 fully saturated rings. The van der Waals surface area contributed by atoms with Gasteiger partial charge in [-0.25, -0.2) is 0 Å². The highest BCUT2D eigenvalue weighted by molar-refractivity contribution is 5.32. The first kappa shape index (κ1) is 16.3. The van der Waals surface area contributed by atoms with Gasteiger partial charge in [0.15, 0.2) is 0 Å². The third kappa shape index (κ3) is 4.19. The van der Waals surface area contributed by atoms with Crippen LogP contribution in [0.15, 0.2) is 24.3 Å². The first-order valence-corrected chi connectivity index (χ1v) is 7.91. The number of piperazine rings is 1. The molecule has 1 heterocycles. The van der Waals surface area contributed by atoms with Crippen LogP contribution in [-0.2, 0) is 5.54 Å². The van der Waals surface area contributed by atoms with Crippen molar-refractivity contribution in [2.45, 2.75) is 25.3 Å². The molecule has 4 nitrogen and oxygen atoms in total. The highest BCUT2D eigenvalue weighted by Crippen LogP contribution is 2.27. The molecule has 4 heteroatoms. The molecular weight excluding hydrogens is 262 g/mol. The number of hydrogen-bond acceptors (Lipinski definition) is 4. The fourth-order valence-electron chi connectivity index (χ4n) is 3.09. The van der Waals surface area contributed by atoms with Gasteiger partial charge in [0.2, 0.25) is 0 Å². The lowest BCUT2D eigenvalue weighted by Gasteiger charge is -2.39. The van der Waals surface area contributed by atoms with Crippen LogP contribution in [-0.4, -0.2) is 56.7 Å². The second-order valence-corrected chi connectivity index (χ2v) is 6.21. The lowest BCUT2D eigenvalue weighted by Crippen LogP contribution is -2.53. The molecule has 1 aliphatic heterocycles. The lowest BCUT2D eigenvalue weighted by atomic mass is 9.85. The molecule has 0 bridgehead atoms. The van der Waals surface area contributed by atoms with Gasteiger partial charge >= 0.3 is 0 Å². The Hall–Kier alpha value is -1.10. The quantitative estimate of drug-likeness (QED) is 0.869. The van der Waals surface area contributed by atoms with Crippen molar-refractivity contribution >= 4 is 0 Å². The van der Waals surface area contributed by atoms with E-state index in [0.29, 0.717) is 0 Å². The van der Waals surface area contributed by atoms with E-state index < -0.39 is 0 Å². The van der Waals surface area contributed by atoms with Crippen LogP contribution in [0.3, 0.4) is 0 Å². The van der Waals surface area contributed by atoms with E-state index in [1.54, 1.807) is 7.11 Å². The molecular formula is C17H29N3O. The standard InChI is InChI=1S/C17H29N3O/c1-4-9-17(18,14-20-12-10-19(2)11-13-20)15-5-7-16(21-3)8-6-15/h5-8H,4,9-14,18H2,1-3H3. The summed E-state index contributed by atoms with van der Waals surface area (Å²) in [4.78, 5) is 4.88. The van der Waals surface area contributed by atoms with Gasteiger partial charge in [0.1, 0.15) is 5.75 Å². The summed E-state index contributed by atoms with van der Waals surface area (Å²) in [5.74, 6) is 0.886. The molecule has 1 aromatic rings. The normalized spacial score (nSPS) is 20.2. The number of methoxy groups -OCH3 is 1. The van der Waals surface area contributed by atoms with Crippen molar-refractivity contribution in [3.05, 3.63) is 29.8 Å². The molecule has 1 saturated heterocycles. The summed E-state index contributed by atoms with van der Waals surface area (Å²) >= 11 is 0. The number of hydrogen-bond donors (Lipinski definition) is 1. The number of rotatable bonds is 6. The van der Waals surface area contributed by atoms with Crippen LogP contribution in [0.5, 0.6) is 5.75 Å². The Morgan fingerprint density at radius 1 is 1.14 bits per heavy atom. The number of likely N-dealkylation sites (N-methyl/N-ethyl adjacent to an activating group) is 1. The van der Waals surface area contributed by atoms with Crippen molar-refractivity contribution in [3.63, 3.8) is 0 Å². The first-order valence-electron chi connectivity index (χ1n) is 7.91. The zero-order valence-electron chi connectivity index (χ0n) is 13.6. The highest BCUT2D eigenvalue weighted by Gasteiger charge is 2.30. The summed E-state index contributed by atoms with van der Waals surface area (Å²) in [6, 6.07) is 8.25. The minimum Gasteiger partial charge on any atom is -0.497 e. The molecule has 0 spiro atoms. The van der Waals surface area contributed by atoms with Crippen molar-refractivity contribution in [1.82, 2.24) is 9.80 Å². The van der Waals surface area contributed by atoms with Crippen molar-refractivity contribution in [1.29, 1.82) is 0 Å². The third-order valence-corrected chi connectivity index (χ3v) is 4.46. The lowest BCUT2D eigenvalue weighted by molar-refractivity contribution is 0.122. The van der Waals surface area contributed by atoms with E-state index in [0.717, 1.165) is 51.3 Å². The number of ether oxygens (including phenoxy) is 1. The molecule has 2 N–H and O–H groups in total. The van der Waals surface area contributed by atoms with Gasteiger partial charge in [-0.3, -0.25) is 4.90 Å². The molecule has 1 atom stereocenters. The molecule has 21 heavy (non-hydrogen) atoms. The van der Waals surface area contributed by atoms with Crippen molar-refractivity contribution in [2.75, 3.05) is 46.9 Å². The van der Waals surface area contributed by atoms with Gasteiger partial charge in [0, 0.05) is 32.7 Å². The Morgan fingerprint density at radius 3 is 2.29 bits per heavy atom. The van der Waals surface area contributed by atoms with E-state index in [4.69, 9.17) is 10.5 Å². The summed E-state index contributed by atoms with van der Waals surface area (Å²) in [6.07, 6.45) is 2.10. The number of nitrogens with two attached hydrogens (primary N) is 1. The predicted molar refractivity (Wildman–Crippen MR) is 87.7 cm³/mol. The Bertz CT molecular complexity index is 426. The van der Waals surface area contributed by atoms with E-state index in [1.807, 2.05) is 12.1 Å². The van der Waals surface area contributed by atoms with Crippen LogP contribution >= 0.6 is 0 Å². The van der Waals surface area contributed by atoms with E-state index in [-0.39, 0.29) is 5.54 Å². The third-order valence-electron chi connectivity index (χ3n) is 4.46. The van der Waals surface area contributed by atoms with Gasteiger partial charge in [-0.1, -0.05) is 25.5 Å². The van der Waals surface area contributed by atoms with Crippen molar-refractivity contribution < 1.29 is 4.74 Å². The van der Waals surface area contributed by atoms with Crippen LogP contribution in [0.25, 0.3) is 0 Å². The topological polar surface area (TPSA) is 41.7 Å². The van der Waals surface area contributed by atoms with Crippen LogP contribution in [0, 0.1) is 0 Å². The van der Waals surface area contributed by atoms with Gasteiger partial charge in [0.05, 0.1) is 12.6 Å². The molecule has 0 radical (unpaired) electrons. The SMILES string of the molecule is CCCC(N)(CN1CCN(C)CC1)c1ccc(OC)cc1. The Morgan fingerprint density at radius 2 is 1.76 bits per heavy atom. The van der Waals surface area contributed by atoms with Crippen molar-refractivity contribution in [2.24, 2.45) is 5.73 Å². The zero-order valence-corrected chi connectivity index (χ0v) is 13.6. The Labute approximate surface area is 128 Å². The summed E-state index contributed by atoms with van der Waals surface area (Å²) in [5, 5.41) is 0. The summed E-state index contributed by atoms with van der Waals surface area (Å²) in [5.41, 5.74) is 7.74. The van der Waals surface area contributed by atoms with Gasteiger partial charge in [-0.2, -0.15) is 0 Å². The minimum atomic E-state index is -0.267. The predicted octanol–water partition coefficient (Wildman–Crippen LogP) is 1.90. The second-order valence-electron chi connectivity index (χ2n) is 6.21. The van der Waals surface area contributed by atoms with Crippen LogP contribution in [0.4, 0.5) is 0 Å². The summed E-state index contributed by atoms with van der Waals surface area (Å²) < 4.78 is 5.25. The molecule has 2 rings (SSSR count). The summed E-state index contributed by atoms with van der Waals surface area (Å²) in [7, 11) is 3.88. The molecule has 1 unspecified atom stereocenters. The molecule has 1 aromatic carbocycles. The van der Waals surface area contributed by atoms with Crippen molar-refractivity contribution in [3.8, 4) is 5.75 Å². The Balaban J connectivity index is 2.10. The van der Waals surface area contributed by atoms with Gasteiger partial charge in [-0.15, -0.1) is 0 Å². The van der Waals surface area contributed by atoms with Gasteiger partial charge < -0.3 is 15.4 Å². The highest BCUT2D eigenvalue weighted by atomic mass is 16.5. The van der Waals surface area contributed by atoms with E-state index >= 15 is 0 Å². The monoisotopic (exact) mass is 291 g/mol. The maximum atomic E-state index is 6.79. The zero-order chi connectivity index (χ0) is 15.3. The van der Waals surface area contributed by atoms with Crippen LogP contribution < -0.4 is 10.5 Å². The van der Waals surface area contributed by atoms with Crippen LogP contribution in [0.2, 0.25) is 0 Å². The fourth-order valence-corrected chi connectivity index (χ4v) is 3.09.